The molecule has 0 radical (unpaired) electrons. The Hall–Kier alpha value is -3.95. The van der Waals surface area contributed by atoms with Crippen molar-refractivity contribution in [3.63, 3.8) is 0 Å². The molecule has 0 unspecified atom stereocenters. The molecular formula is C30H35F2N5O3. The van der Waals surface area contributed by atoms with E-state index in [9.17, 15) is 18.4 Å². The highest BCUT2D eigenvalue weighted by Gasteiger charge is 2.34. The predicted octanol–water partition coefficient (Wildman–Crippen LogP) is 5.23. The van der Waals surface area contributed by atoms with E-state index in [4.69, 9.17) is 4.74 Å². The molecule has 3 heterocycles. The molecule has 0 bridgehead atoms. The molecule has 3 aromatic rings. The number of hydrogen-bond donors (Lipinski definition) is 0. The minimum absolute atomic E-state index is 0.0666. The molecule has 10 heteroatoms. The molecule has 2 aromatic carbocycles. The lowest BCUT2D eigenvalue weighted by atomic mass is 9.90. The van der Waals surface area contributed by atoms with Crippen LogP contribution in [0.4, 0.5) is 19.3 Å². The Morgan fingerprint density at radius 3 is 2.25 bits per heavy atom. The van der Waals surface area contributed by atoms with Gasteiger partial charge in [-0.3, -0.25) is 4.79 Å². The van der Waals surface area contributed by atoms with Crippen LogP contribution in [-0.4, -0.2) is 76.5 Å². The molecule has 0 spiro atoms. The summed E-state index contributed by atoms with van der Waals surface area (Å²) in [5, 5.41) is 4.53. The summed E-state index contributed by atoms with van der Waals surface area (Å²) in [7, 11) is 0. The zero-order chi connectivity index (χ0) is 28.4. The summed E-state index contributed by atoms with van der Waals surface area (Å²) in [4.78, 5) is 31.9. The van der Waals surface area contributed by atoms with Gasteiger partial charge < -0.3 is 19.4 Å². The number of amides is 2. The van der Waals surface area contributed by atoms with Crippen LogP contribution in [-0.2, 0) is 4.74 Å². The molecule has 2 aliphatic rings. The number of piperidine rings is 1. The second-order valence-electron chi connectivity index (χ2n) is 11.3. The zero-order valence-corrected chi connectivity index (χ0v) is 23.1. The Morgan fingerprint density at radius 2 is 1.60 bits per heavy atom. The van der Waals surface area contributed by atoms with Crippen LogP contribution in [0.5, 0.6) is 0 Å². The van der Waals surface area contributed by atoms with Crippen molar-refractivity contribution in [3.05, 3.63) is 77.6 Å². The van der Waals surface area contributed by atoms with E-state index >= 15 is 0 Å². The number of rotatable bonds is 4. The largest absolute Gasteiger partial charge is 0.444 e. The summed E-state index contributed by atoms with van der Waals surface area (Å²) < 4.78 is 35.7. The number of para-hydroxylation sites is 1. The maximum atomic E-state index is 14.3. The molecule has 1 aromatic heterocycles. The average molecular weight is 552 g/mol. The molecule has 40 heavy (non-hydrogen) atoms. The van der Waals surface area contributed by atoms with Crippen LogP contribution in [0.3, 0.4) is 0 Å². The summed E-state index contributed by atoms with van der Waals surface area (Å²) in [6.07, 6.45) is 2.43. The van der Waals surface area contributed by atoms with Crippen molar-refractivity contribution >= 4 is 17.7 Å². The van der Waals surface area contributed by atoms with Crippen LogP contribution in [0.2, 0.25) is 0 Å². The maximum absolute atomic E-state index is 14.3. The fourth-order valence-electron chi connectivity index (χ4n) is 5.42. The van der Waals surface area contributed by atoms with Crippen molar-refractivity contribution in [2.45, 2.75) is 45.1 Å². The number of piperazine rings is 1. The van der Waals surface area contributed by atoms with Crippen LogP contribution in [0.15, 0.2) is 54.7 Å². The first-order valence-corrected chi connectivity index (χ1v) is 13.7. The molecule has 0 N–H and O–H groups in total. The quantitative estimate of drug-likeness (QED) is 0.444. The summed E-state index contributed by atoms with van der Waals surface area (Å²) in [6.45, 7) is 8.35. The third-order valence-corrected chi connectivity index (χ3v) is 7.38. The number of hydrogen-bond acceptors (Lipinski definition) is 5. The number of carbonyl (C=O) groups excluding carboxylic acids is 2. The predicted molar refractivity (Wildman–Crippen MR) is 148 cm³/mol. The van der Waals surface area contributed by atoms with Crippen molar-refractivity contribution in [1.82, 2.24) is 19.6 Å². The van der Waals surface area contributed by atoms with Crippen molar-refractivity contribution < 1.29 is 23.1 Å². The second kappa shape index (κ2) is 11.3. The molecule has 2 amide bonds. The van der Waals surface area contributed by atoms with Crippen LogP contribution >= 0.6 is 0 Å². The van der Waals surface area contributed by atoms with E-state index in [0.717, 1.165) is 5.69 Å². The summed E-state index contributed by atoms with van der Waals surface area (Å²) in [5.74, 6) is -0.891. The molecule has 0 saturated carbocycles. The van der Waals surface area contributed by atoms with E-state index in [-0.39, 0.29) is 23.7 Å². The molecule has 0 atom stereocenters. The first kappa shape index (κ1) is 27.6. The van der Waals surface area contributed by atoms with E-state index in [2.05, 4.69) is 5.10 Å². The van der Waals surface area contributed by atoms with Crippen LogP contribution in [0.1, 0.15) is 55.6 Å². The zero-order valence-electron chi connectivity index (χ0n) is 23.1. The first-order valence-electron chi connectivity index (χ1n) is 13.7. The van der Waals surface area contributed by atoms with E-state index in [0.29, 0.717) is 69.0 Å². The van der Waals surface area contributed by atoms with Gasteiger partial charge in [0.1, 0.15) is 17.2 Å². The SMILES string of the molecule is CC(C)(C)OC(=O)N1CCC(c2c(C(=O)N3CCN(c4ccccc4F)CC3)cnn2-c2cccc(F)c2)CC1. The van der Waals surface area contributed by atoms with Gasteiger partial charge in [-0.2, -0.15) is 5.10 Å². The summed E-state index contributed by atoms with van der Waals surface area (Å²) >= 11 is 0. The maximum Gasteiger partial charge on any atom is 0.410 e. The third kappa shape index (κ3) is 5.95. The highest BCUT2D eigenvalue weighted by Crippen LogP contribution is 2.34. The lowest BCUT2D eigenvalue weighted by Gasteiger charge is -2.37. The van der Waals surface area contributed by atoms with E-state index in [1.54, 1.807) is 51.0 Å². The van der Waals surface area contributed by atoms with Gasteiger partial charge in [0.25, 0.3) is 5.91 Å². The third-order valence-electron chi connectivity index (χ3n) is 7.38. The Labute approximate surface area is 233 Å². The number of halogens is 2. The van der Waals surface area contributed by atoms with Crippen LogP contribution in [0, 0.1) is 11.6 Å². The lowest BCUT2D eigenvalue weighted by molar-refractivity contribution is 0.0203. The number of ether oxygens (including phenoxy) is 1. The van der Waals surface area contributed by atoms with Gasteiger partial charge in [-0.1, -0.05) is 18.2 Å². The van der Waals surface area contributed by atoms with E-state index < -0.39 is 11.4 Å². The van der Waals surface area contributed by atoms with Gasteiger partial charge >= 0.3 is 6.09 Å². The van der Waals surface area contributed by atoms with Gasteiger partial charge in [-0.15, -0.1) is 0 Å². The van der Waals surface area contributed by atoms with Gasteiger partial charge in [0.2, 0.25) is 0 Å². The summed E-state index contributed by atoms with van der Waals surface area (Å²) in [5.41, 5.74) is 1.68. The average Bonchev–Trinajstić information content (AvgIpc) is 3.37. The van der Waals surface area contributed by atoms with Gasteiger partial charge in [0, 0.05) is 45.2 Å². The normalized spacial score (nSPS) is 16.8. The Morgan fingerprint density at radius 1 is 0.900 bits per heavy atom. The topological polar surface area (TPSA) is 70.9 Å². The monoisotopic (exact) mass is 551 g/mol. The fraction of sp³-hybridized carbons (Fsp3) is 0.433. The molecule has 2 fully saturated rings. The lowest BCUT2D eigenvalue weighted by Crippen LogP contribution is -2.49. The number of anilines is 1. The van der Waals surface area contributed by atoms with Crippen molar-refractivity contribution in [3.8, 4) is 5.69 Å². The minimum atomic E-state index is -0.584. The molecule has 212 valence electrons. The Balaban J connectivity index is 1.37. The molecule has 8 nitrogen and oxygen atoms in total. The van der Waals surface area contributed by atoms with E-state index in [1.165, 1.54) is 18.2 Å². The van der Waals surface area contributed by atoms with Gasteiger partial charge in [0.15, 0.2) is 0 Å². The standard InChI is InChI=1S/C30H35F2N5O3/c1-30(2,3)40-29(39)36-13-11-21(12-14-36)27-24(20-33-37(27)23-8-6-7-22(31)19-23)28(38)35-17-15-34(16-18-35)26-10-5-4-9-25(26)32/h4-10,19-21H,11-18H2,1-3H3. The first-order chi connectivity index (χ1) is 19.1. The van der Waals surface area contributed by atoms with Crippen molar-refractivity contribution in [2.75, 3.05) is 44.2 Å². The highest BCUT2D eigenvalue weighted by molar-refractivity contribution is 5.95. The second-order valence-corrected chi connectivity index (χ2v) is 11.3. The number of likely N-dealkylation sites (tertiary alicyclic amines) is 1. The molecular weight excluding hydrogens is 516 g/mol. The minimum Gasteiger partial charge on any atom is -0.444 e. The van der Waals surface area contributed by atoms with Gasteiger partial charge in [0.05, 0.1) is 28.8 Å². The van der Waals surface area contributed by atoms with Gasteiger partial charge in [-0.05, 0) is 63.9 Å². The molecule has 5 rings (SSSR count). The number of aromatic nitrogens is 2. The van der Waals surface area contributed by atoms with Crippen molar-refractivity contribution in [1.29, 1.82) is 0 Å². The molecule has 2 saturated heterocycles. The Bertz CT molecular complexity index is 1370. The Kier molecular flexibility index (Phi) is 7.78. The van der Waals surface area contributed by atoms with Crippen LogP contribution < -0.4 is 4.90 Å². The van der Waals surface area contributed by atoms with E-state index in [1.807, 2.05) is 25.7 Å². The molecule has 0 aliphatic carbocycles. The highest BCUT2D eigenvalue weighted by atomic mass is 19.1. The molecule has 2 aliphatic heterocycles. The smallest absolute Gasteiger partial charge is 0.410 e. The number of carbonyl (C=O) groups is 2. The van der Waals surface area contributed by atoms with Gasteiger partial charge in [-0.25, -0.2) is 18.3 Å². The number of benzene rings is 2. The summed E-state index contributed by atoms with van der Waals surface area (Å²) in [6, 6.07) is 12.8. The van der Waals surface area contributed by atoms with Crippen LogP contribution in [0.25, 0.3) is 5.69 Å². The number of nitrogens with zero attached hydrogens (tertiary/aromatic N) is 5. The van der Waals surface area contributed by atoms with Crippen molar-refractivity contribution in [2.24, 2.45) is 0 Å². The fourth-order valence-corrected chi connectivity index (χ4v) is 5.42.